The molecule has 0 unspecified atom stereocenters. The molecule has 0 aliphatic carbocycles. The molecule has 43 heavy (non-hydrogen) atoms. The average Bonchev–Trinajstić information content (AvgIpc) is 3.74. The maximum absolute atomic E-state index is 17.9. The van der Waals surface area contributed by atoms with Gasteiger partial charge in [0.05, 0.1) is 0 Å². The third-order valence-electron chi connectivity index (χ3n) is 8.29. The molecule has 11 heteroatoms. The summed E-state index contributed by atoms with van der Waals surface area (Å²) in [5.74, 6) is 1.58. The van der Waals surface area contributed by atoms with E-state index >= 15 is 7.00 Å². The van der Waals surface area contributed by atoms with Crippen LogP contribution >= 0.6 is 0 Å². The molecule has 0 amide bonds. The third kappa shape index (κ3) is 2.92. The van der Waals surface area contributed by atoms with Crippen LogP contribution in [0, 0.1) is 0 Å². The molecule has 8 nitrogen and oxygen atoms in total. The predicted molar refractivity (Wildman–Crippen MR) is 163 cm³/mol. The Hall–Kier alpha value is -5.36. The van der Waals surface area contributed by atoms with E-state index in [1.165, 1.54) is 0 Å². The molecule has 4 aliphatic heterocycles. The summed E-state index contributed by atoms with van der Waals surface area (Å²) < 4.78 is 37.9. The molecule has 6 heterocycles. The van der Waals surface area contributed by atoms with Gasteiger partial charge >= 0.3 is 245 Å². The molecular weight excluding hydrogens is 607 g/mol. The summed E-state index contributed by atoms with van der Waals surface area (Å²) in [7, 11) is 0. The first-order valence-corrected chi connectivity index (χ1v) is 17.2. The second kappa shape index (κ2) is 7.92. The summed E-state index contributed by atoms with van der Waals surface area (Å²) in [5.41, 5.74) is 3.17. The summed E-state index contributed by atoms with van der Waals surface area (Å²) in [6, 6.07) is 29.7. The molecule has 0 N–H and O–H groups in total. The molecule has 202 valence electrons. The Morgan fingerprint density at radius 3 is 1.16 bits per heavy atom. The Labute approximate surface area is 244 Å². The number of aromatic nitrogens is 2. The van der Waals surface area contributed by atoms with Crippen molar-refractivity contribution < 1.29 is 7.00 Å². The van der Waals surface area contributed by atoms with Gasteiger partial charge < -0.3 is 0 Å². The van der Waals surface area contributed by atoms with Crippen LogP contribution in [0.15, 0.2) is 127 Å². The van der Waals surface area contributed by atoms with Crippen LogP contribution in [-0.4, -0.2) is 45.0 Å². The van der Waals surface area contributed by atoms with Crippen molar-refractivity contribution in [2.45, 2.75) is 0 Å². The number of aliphatic imine (C=N–C) groups is 4. The van der Waals surface area contributed by atoms with Gasteiger partial charge in [0.15, 0.2) is 0 Å². The van der Waals surface area contributed by atoms with Gasteiger partial charge in [0.2, 0.25) is 0 Å². The van der Waals surface area contributed by atoms with Gasteiger partial charge in [0.25, 0.3) is 0 Å². The molecule has 6 bridgehead atoms. The fourth-order valence-electron chi connectivity index (χ4n) is 6.41. The number of hydrogen-bond acceptors (Lipinski definition) is 6. The van der Waals surface area contributed by atoms with E-state index in [-0.39, 0.29) is 22.6 Å². The van der Waals surface area contributed by atoms with E-state index in [9.17, 15) is 0 Å². The first-order chi connectivity index (χ1) is 21.1. The summed E-state index contributed by atoms with van der Waals surface area (Å²) in [4.78, 5) is 29.2. The van der Waals surface area contributed by atoms with E-state index in [1.807, 2.05) is 97.1 Å². The zero-order valence-corrected chi connectivity index (χ0v) is 24.2. The number of nitrogens with zero attached hydrogens (tertiary/aromatic N) is 8. The number of fused-ring (bicyclic) bond motifs is 14. The zero-order chi connectivity index (χ0) is 28.4. The fraction of sp³-hybridized carbons (Fsp3) is 0. The van der Waals surface area contributed by atoms with E-state index < -0.39 is 14.6 Å². The molecular formula is C32H16F2GeN8. The van der Waals surface area contributed by atoms with Gasteiger partial charge in [-0.1, -0.05) is 0 Å². The van der Waals surface area contributed by atoms with Crippen molar-refractivity contribution in [3.05, 3.63) is 130 Å². The summed E-state index contributed by atoms with van der Waals surface area (Å²) in [6.45, 7) is 0. The van der Waals surface area contributed by atoms with Crippen LogP contribution in [0.5, 0.6) is 0 Å². The summed E-state index contributed by atoms with van der Waals surface area (Å²) in [5, 5.41) is 2.24. The second-order valence-electron chi connectivity index (χ2n) is 10.6. The van der Waals surface area contributed by atoms with Gasteiger partial charge in [-0.2, -0.15) is 0 Å². The van der Waals surface area contributed by atoms with Crippen molar-refractivity contribution in [3.63, 3.8) is 0 Å². The molecule has 4 aromatic carbocycles. The normalized spacial score (nSPS) is 16.8. The first kappa shape index (κ1) is 23.2. The van der Waals surface area contributed by atoms with Crippen molar-refractivity contribution in [2.24, 2.45) is 30.0 Å². The van der Waals surface area contributed by atoms with E-state index in [0.717, 1.165) is 29.3 Å². The average molecular weight is 623 g/mol. The van der Waals surface area contributed by atoms with Gasteiger partial charge in [0, 0.05) is 0 Å². The Balaban J connectivity index is 1.53. The SMILES string of the molecule is [F][Ge]1([F])[n]2c3c4ccccc4c2N=C2N=C(N=c4c5ccccc5c([n]41)=NC1=NC(=N3)c3ccccc31)c1ccccc12. The van der Waals surface area contributed by atoms with E-state index in [1.54, 1.807) is 0 Å². The molecule has 0 saturated heterocycles. The van der Waals surface area contributed by atoms with Gasteiger partial charge in [-0.3, -0.25) is 0 Å². The summed E-state index contributed by atoms with van der Waals surface area (Å²) in [6.07, 6.45) is 0. The number of amidine groups is 4. The molecule has 0 radical (unpaired) electrons. The van der Waals surface area contributed by atoms with Crippen LogP contribution in [0.25, 0.3) is 21.5 Å². The van der Waals surface area contributed by atoms with Crippen LogP contribution in [0.3, 0.4) is 0 Å². The first-order valence-electron chi connectivity index (χ1n) is 13.7. The van der Waals surface area contributed by atoms with E-state index in [4.69, 9.17) is 30.0 Å². The van der Waals surface area contributed by atoms with Crippen molar-refractivity contribution in [1.29, 1.82) is 0 Å². The topological polar surface area (TPSA) is 84.0 Å². The van der Waals surface area contributed by atoms with Crippen LogP contribution in [0.2, 0.25) is 0 Å². The molecule has 2 aromatic heterocycles. The van der Waals surface area contributed by atoms with Crippen LogP contribution in [-0.2, 0) is 0 Å². The molecule has 0 spiro atoms. The van der Waals surface area contributed by atoms with Crippen LogP contribution in [0.4, 0.5) is 18.6 Å². The maximum atomic E-state index is 17.9. The van der Waals surface area contributed by atoms with Crippen LogP contribution in [0.1, 0.15) is 22.3 Å². The zero-order valence-electron chi connectivity index (χ0n) is 22.1. The molecule has 0 atom stereocenters. The minimum absolute atomic E-state index is 0.113. The Bertz CT molecular complexity index is 2390. The monoisotopic (exact) mass is 624 g/mol. The minimum atomic E-state index is -6.51. The van der Waals surface area contributed by atoms with E-state index in [2.05, 4.69) is 0 Å². The Kier molecular flexibility index (Phi) is 4.28. The van der Waals surface area contributed by atoms with Crippen molar-refractivity contribution in [3.8, 4) is 0 Å². The van der Waals surface area contributed by atoms with E-state index in [0.29, 0.717) is 44.9 Å². The van der Waals surface area contributed by atoms with Gasteiger partial charge in [-0.05, 0) is 0 Å². The Morgan fingerprint density at radius 1 is 0.395 bits per heavy atom. The predicted octanol–water partition coefficient (Wildman–Crippen LogP) is 5.31. The quantitative estimate of drug-likeness (QED) is 0.206. The summed E-state index contributed by atoms with van der Waals surface area (Å²) >= 11 is -6.51. The number of hydrogen-bond donors (Lipinski definition) is 0. The second-order valence-corrected chi connectivity index (χ2v) is 14.6. The van der Waals surface area contributed by atoms with Crippen molar-refractivity contribution >= 4 is 71.2 Å². The Morgan fingerprint density at radius 2 is 0.744 bits per heavy atom. The standard InChI is InChI=1S/C32H16F2GeN8/c33-35(34)42-29-21-13-5-6-14-22(21)31(42)40-27-19-11-3-4-12-20(19)28(37-27)41-32-24-16-8-7-15-23(24)30(43(32)35)39-26-18-10-2-1-9-17(18)25(36-26)38-29/h1-16H. The van der Waals surface area contributed by atoms with Crippen LogP contribution < -0.4 is 11.0 Å². The number of rotatable bonds is 0. The molecule has 4 aliphatic rings. The molecule has 6 aromatic rings. The van der Waals surface area contributed by atoms with Gasteiger partial charge in [-0.25, -0.2) is 0 Å². The number of benzene rings is 4. The molecule has 10 rings (SSSR count). The third-order valence-corrected chi connectivity index (χ3v) is 12.3. The number of halogens is 2. The fourth-order valence-corrected chi connectivity index (χ4v) is 10.4. The van der Waals surface area contributed by atoms with Gasteiger partial charge in [-0.15, -0.1) is 0 Å². The van der Waals surface area contributed by atoms with Crippen molar-refractivity contribution in [2.75, 3.05) is 0 Å². The molecule has 0 fully saturated rings. The van der Waals surface area contributed by atoms with Gasteiger partial charge in [0.1, 0.15) is 0 Å². The molecule has 0 saturated carbocycles. The van der Waals surface area contributed by atoms with Crippen molar-refractivity contribution in [1.82, 2.24) is 7.05 Å².